The van der Waals surface area contributed by atoms with Gasteiger partial charge in [-0.3, -0.25) is 4.79 Å². The minimum Gasteiger partial charge on any atom is -0.481 e. The fraction of sp³-hybridized carbons (Fsp3) is 0.800. The molecule has 0 aliphatic rings. The van der Waals surface area contributed by atoms with E-state index in [1.165, 1.54) is 0 Å². The Labute approximate surface area is 66.3 Å². The molecule has 0 aliphatic heterocycles. The zero-order valence-electron chi connectivity index (χ0n) is 5.98. The van der Waals surface area contributed by atoms with Gasteiger partial charge < -0.3 is 14.8 Å². The van der Waals surface area contributed by atoms with Crippen LogP contribution in [0, 0.1) is 0 Å². The van der Waals surface area contributed by atoms with Gasteiger partial charge in [0.15, 0.2) is 16.0 Å². The summed E-state index contributed by atoms with van der Waals surface area (Å²) in [4.78, 5) is 8.16. The zero-order chi connectivity index (χ0) is 9.07. The predicted octanol–water partition coefficient (Wildman–Crippen LogP) is -0.219. The Morgan fingerprint density at radius 1 is 1.64 bits per heavy atom. The molecular weight excluding hydrogens is 172 g/mol. The van der Waals surface area contributed by atoms with Crippen molar-refractivity contribution in [3.05, 3.63) is 0 Å². The highest BCUT2D eigenvalue weighted by atomic mass is 32.2. The fourth-order valence-corrected chi connectivity index (χ4v) is 0.703. The lowest BCUT2D eigenvalue weighted by atomic mass is 10.2. The Bertz CT molecular complexity index is 176. The van der Waals surface area contributed by atoms with E-state index in [2.05, 4.69) is 0 Å². The van der Waals surface area contributed by atoms with Gasteiger partial charge in [-0.2, -0.15) is 0 Å². The van der Waals surface area contributed by atoms with Crippen molar-refractivity contribution < 1.29 is 23.8 Å². The summed E-state index contributed by atoms with van der Waals surface area (Å²) in [5.41, 5.74) is 0. The number of rotatable bonds is 4. The van der Waals surface area contributed by atoms with Crippen molar-refractivity contribution >= 4 is 17.0 Å². The van der Waals surface area contributed by atoms with Crippen LogP contribution in [-0.2, 0) is 15.9 Å². The number of hydrogen-bond donors (Lipinski definition) is 3. The molecule has 0 aromatic rings. The molecule has 2 unspecified atom stereocenters. The third kappa shape index (κ3) is 4.07. The van der Waals surface area contributed by atoms with Crippen molar-refractivity contribution in [2.45, 2.75) is 24.7 Å². The molecule has 3 N–H and O–H groups in total. The first-order chi connectivity index (χ1) is 4.86. The summed E-state index contributed by atoms with van der Waals surface area (Å²) in [6.07, 6.45) is -0.551. The number of hydrogen-bond acceptors (Lipinski definition) is 3. The van der Waals surface area contributed by atoms with Crippen LogP contribution < -0.4 is 0 Å². The van der Waals surface area contributed by atoms with Gasteiger partial charge in [0.05, 0.1) is 0 Å². The Hall–Kier alpha value is -0.460. The quantitative estimate of drug-likeness (QED) is 0.522. The van der Waals surface area contributed by atoms with Gasteiger partial charge in [0.1, 0.15) is 0 Å². The van der Waals surface area contributed by atoms with Gasteiger partial charge in [-0.1, -0.05) is 0 Å². The number of carboxylic acid groups (broad SMARTS) is 1. The molecule has 0 aliphatic carbocycles. The molecule has 0 aromatic heterocycles. The van der Waals surface area contributed by atoms with E-state index in [0.29, 0.717) is 0 Å². The van der Waals surface area contributed by atoms with Crippen molar-refractivity contribution in [3.8, 4) is 0 Å². The molecule has 0 saturated heterocycles. The summed E-state index contributed by atoms with van der Waals surface area (Å²) in [5, 5.41) is 17.2. The van der Waals surface area contributed by atoms with E-state index < -0.39 is 22.0 Å². The van der Waals surface area contributed by atoms with Crippen molar-refractivity contribution in [2.75, 3.05) is 0 Å². The molecule has 5 nitrogen and oxygen atoms in total. The van der Waals surface area contributed by atoms with Crippen molar-refractivity contribution in [1.82, 2.24) is 0 Å². The van der Waals surface area contributed by atoms with Gasteiger partial charge in [0.25, 0.3) is 0 Å². The van der Waals surface area contributed by atoms with Crippen LogP contribution in [0.3, 0.4) is 0 Å². The molecule has 11 heavy (non-hydrogen) atoms. The molecule has 6 heteroatoms. The minimum atomic E-state index is -2.40. The van der Waals surface area contributed by atoms with Crippen LogP contribution >= 0.6 is 0 Å². The third-order valence-electron chi connectivity index (χ3n) is 1.18. The molecule has 2 atom stereocenters. The maximum Gasteiger partial charge on any atom is 0.303 e. The lowest BCUT2D eigenvalue weighted by molar-refractivity contribution is -0.137. The molecule has 0 fully saturated rings. The fourth-order valence-electron chi connectivity index (χ4n) is 0.426. The van der Waals surface area contributed by atoms with E-state index >= 15 is 0 Å². The number of aliphatic hydroxyl groups is 1. The van der Waals surface area contributed by atoms with Gasteiger partial charge >= 0.3 is 5.97 Å². The Balaban J connectivity index is 3.92. The maximum absolute atomic E-state index is 10.3. The molecule has 0 radical (unpaired) electrons. The van der Waals surface area contributed by atoms with Crippen LogP contribution in [0.15, 0.2) is 0 Å². The highest BCUT2D eigenvalue weighted by Crippen LogP contribution is 2.14. The van der Waals surface area contributed by atoms with Gasteiger partial charge in [-0.05, 0) is 6.92 Å². The highest BCUT2D eigenvalue weighted by molar-refractivity contribution is 7.80. The summed E-state index contributed by atoms with van der Waals surface area (Å²) in [5.74, 6) is -1.10. The molecule has 0 bridgehead atoms. The number of carboxylic acids is 1. The van der Waals surface area contributed by atoms with E-state index in [1.54, 1.807) is 0 Å². The van der Waals surface area contributed by atoms with Gasteiger partial charge in [-0.25, -0.2) is 4.21 Å². The summed E-state index contributed by atoms with van der Waals surface area (Å²) < 4.78 is 18.7. The normalized spacial score (nSPS) is 18.8. The summed E-state index contributed by atoms with van der Waals surface area (Å²) >= 11 is -2.40. The standard InChI is InChI=1S/C5H10O5S/c1-5(8,11(9)10)3-2-4(6)7/h8H,2-3H2,1H3,(H,6,7)(H,9,10). The SMILES string of the molecule is CC(O)(CCC(=O)O)S(=O)O. The minimum absolute atomic E-state index is 0.231. The van der Waals surface area contributed by atoms with E-state index in [1.807, 2.05) is 0 Å². The van der Waals surface area contributed by atoms with Gasteiger partial charge in [0, 0.05) is 12.8 Å². The highest BCUT2D eigenvalue weighted by Gasteiger charge is 2.27. The first-order valence-electron chi connectivity index (χ1n) is 2.91. The van der Waals surface area contributed by atoms with Crippen LogP contribution in [-0.4, -0.2) is 29.9 Å². The number of aliphatic carboxylic acids is 1. The summed E-state index contributed by atoms with van der Waals surface area (Å²) in [6, 6.07) is 0. The Morgan fingerprint density at radius 3 is 2.36 bits per heavy atom. The predicted molar refractivity (Wildman–Crippen MR) is 38.3 cm³/mol. The van der Waals surface area contributed by atoms with E-state index in [9.17, 15) is 9.00 Å². The molecule has 66 valence electrons. The van der Waals surface area contributed by atoms with Crippen molar-refractivity contribution in [1.29, 1.82) is 0 Å². The van der Waals surface area contributed by atoms with E-state index in [4.69, 9.17) is 14.8 Å². The van der Waals surface area contributed by atoms with Crippen LogP contribution in [0.4, 0.5) is 0 Å². The molecule has 0 spiro atoms. The third-order valence-corrected chi connectivity index (χ3v) is 2.14. The first-order valence-corrected chi connectivity index (χ1v) is 4.02. The van der Waals surface area contributed by atoms with E-state index in [0.717, 1.165) is 6.92 Å². The van der Waals surface area contributed by atoms with Crippen molar-refractivity contribution in [3.63, 3.8) is 0 Å². The number of carbonyl (C=O) groups is 1. The molecule has 0 aromatic carbocycles. The molecule has 0 rings (SSSR count). The molecular formula is C5H10O5S. The van der Waals surface area contributed by atoms with E-state index in [-0.39, 0.29) is 12.8 Å². The van der Waals surface area contributed by atoms with Crippen molar-refractivity contribution in [2.24, 2.45) is 0 Å². The van der Waals surface area contributed by atoms with Gasteiger partial charge in [-0.15, -0.1) is 0 Å². The average Bonchev–Trinajstić information content (AvgIpc) is 1.84. The monoisotopic (exact) mass is 182 g/mol. The first kappa shape index (κ1) is 10.5. The largest absolute Gasteiger partial charge is 0.481 e. The smallest absolute Gasteiger partial charge is 0.303 e. The average molecular weight is 182 g/mol. The van der Waals surface area contributed by atoms with Gasteiger partial charge in [0.2, 0.25) is 0 Å². The Kier molecular flexibility index (Phi) is 3.64. The second-order valence-electron chi connectivity index (χ2n) is 2.32. The molecule has 0 amide bonds. The molecule has 0 saturated carbocycles. The second-order valence-corrected chi connectivity index (χ2v) is 3.70. The maximum atomic E-state index is 10.3. The topological polar surface area (TPSA) is 94.8 Å². The van der Waals surface area contributed by atoms with Crippen LogP contribution in [0.25, 0.3) is 0 Å². The lowest BCUT2D eigenvalue weighted by Gasteiger charge is -2.16. The molecule has 0 heterocycles. The van der Waals surface area contributed by atoms with Crippen LogP contribution in [0.2, 0.25) is 0 Å². The lowest BCUT2D eigenvalue weighted by Crippen LogP contribution is -2.30. The van der Waals surface area contributed by atoms with Crippen LogP contribution in [0.1, 0.15) is 19.8 Å². The second kappa shape index (κ2) is 3.80. The van der Waals surface area contributed by atoms with Crippen LogP contribution in [0.5, 0.6) is 0 Å². The summed E-state index contributed by atoms with van der Waals surface area (Å²) in [6.45, 7) is 1.12. The zero-order valence-corrected chi connectivity index (χ0v) is 6.80. The Morgan fingerprint density at radius 2 is 2.09 bits per heavy atom. The summed E-state index contributed by atoms with van der Waals surface area (Å²) in [7, 11) is 0.